The molecule has 98 valence electrons. The fourth-order valence-corrected chi connectivity index (χ4v) is 3.80. The van der Waals surface area contributed by atoms with Gasteiger partial charge in [-0.25, -0.2) is 0 Å². The van der Waals surface area contributed by atoms with Crippen LogP contribution < -0.4 is 10.2 Å². The monoisotopic (exact) mass is 244 g/mol. The molecule has 1 saturated carbocycles. The molecule has 0 atom stereocenters. The van der Waals surface area contributed by atoms with Crippen LogP contribution in [0.5, 0.6) is 0 Å². The maximum absolute atomic E-state index is 3.65. The van der Waals surface area contributed by atoms with Crippen LogP contribution >= 0.6 is 0 Å². The zero-order valence-electron chi connectivity index (χ0n) is 11.6. The number of hydrogen-bond donors (Lipinski definition) is 1. The van der Waals surface area contributed by atoms with E-state index in [-0.39, 0.29) is 0 Å². The van der Waals surface area contributed by atoms with Crippen molar-refractivity contribution in [2.75, 3.05) is 23.8 Å². The van der Waals surface area contributed by atoms with Crippen molar-refractivity contribution in [2.45, 2.75) is 51.0 Å². The Balaban J connectivity index is 2.02. The summed E-state index contributed by atoms with van der Waals surface area (Å²) in [4.78, 5) is 2.58. The molecule has 0 saturated heterocycles. The zero-order chi connectivity index (χ0) is 12.6. The number of benzene rings is 1. The predicted molar refractivity (Wildman–Crippen MR) is 78.5 cm³/mol. The molecule has 1 spiro atoms. The van der Waals surface area contributed by atoms with Crippen LogP contribution in [0.2, 0.25) is 0 Å². The SMILES string of the molecule is Cc1cccc2c1NCCC1(CCCCC1)N2C. The third-order valence-corrected chi connectivity index (χ3v) is 5.00. The highest BCUT2D eigenvalue weighted by molar-refractivity contribution is 5.75. The number of para-hydroxylation sites is 1. The molecule has 2 heteroatoms. The van der Waals surface area contributed by atoms with Gasteiger partial charge in [-0.15, -0.1) is 0 Å². The number of nitrogens with one attached hydrogen (secondary N) is 1. The van der Waals surface area contributed by atoms with E-state index in [1.165, 1.54) is 55.5 Å². The molecule has 0 bridgehead atoms. The molecule has 3 rings (SSSR count). The maximum Gasteiger partial charge on any atom is 0.0607 e. The fraction of sp³-hybridized carbons (Fsp3) is 0.625. The molecule has 1 aliphatic heterocycles. The quantitative estimate of drug-likeness (QED) is 0.743. The summed E-state index contributed by atoms with van der Waals surface area (Å²) in [5.74, 6) is 0. The van der Waals surface area contributed by atoms with Crippen LogP contribution in [0.3, 0.4) is 0 Å². The first kappa shape index (κ1) is 11.9. The normalized spacial score (nSPS) is 22.2. The van der Waals surface area contributed by atoms with Gasteiger partial charge < -0.3 is 10.2 Å². The van der Waals surface area contributed by atoms with Crippen molar-refractivity contribution in [3.8, 4) is 0 Å². The van der Waals surface area contributed by atoms with Crippen molar-refractivity contribution in [1.82, 2.24) is 0 Å². The van der Waals surface area contributed by atoms with Gasteiger partial charge in [-0.05, 0) is 37.8 Å². The van der Waals surface area contributed by atoms with E-state index in [1.54, 1.807) is 0 Å². The van der Waals surface area contributed by atoms with Gasteiger partial charge in [-0.2, -0.15) is 0 Å². The average molecular weight is 244 g/mol. The van der Waals surface area contributed by atoms with E-state index >= 15 is 0 Å². The van der Waals surface area contributed by atoms with Crippen LogP contribution in [0, 0.1) is 6.92 Å². The third kappa shape index (κ3) is 1.79. The second-order valence-electron chi connectivity index (χ2n) is 5.99. The molecule has 1 aliphatic carbocycles. The van der Waals surface area contributed by atoms with Gasteiger partial charge in [0.1, 0.15) is 0 Å². The van der Waals surface area contributed by atoms with E-state index in [9.17, 15) is 0 Å². The molecule has 0 amide bonds. The molecule has 0 radical (unpaired) electrons. The van der Waals surface area contributed by atoms with Crippen LogP contribution in [0.4, 0.5) is 11.4 Å². The van der Waals surface area contributed by atoms with Gasteiger partial charge in [0.15, 0.2) is 0 Å². The van der Waals surface area contributed by atoms with Crippen LogP contribution in [0.1, 0.15) is 44.1 Å². The van der Waals surface area contributed by atoms with E-state index < -0.39 is 0 Å². The van der Waals surface area contributed by atoms with Gasteiger partial charge in [0.25, 0.3) is 0 Å². The largest absolute Gasteiger partial charge is 0.383 e. The summed E-state index contributed by atoms with van der Waals surface area (Å²) in [5.41, 5.74) is 4.52. The molecule has 18 heavy (non-hydrogen) atoms. The molecular formula is C16H24N2. The molecule has 1 N–H and O–H groups in total. The lowest BCUT2D eigenvalue weighted by atomic mass is 9.78. The van der Waals surface area contributed by atoms with E-state index in [1.807, 2.05) is 0 Å². The van der Waals surface area contributed by atoms with Crippen molar-refractivity contribution in [2.24, 2.45) is 0 Å². The predicted octanol–water partition coefficient (Wildman–Crippen LogP) is 3.95. The average Bonchev–Trinajstić information content (AvgIpc) is 2.52. The van der Waals surface area contributed by atoms with Gasteiger partial charge in [0, 0.05) is 19.1 Å². The molecule has 1 fully saturated rings. The summed E-state index contributed by atoms with van der Waals surface area (Å²) in [5, 5.41) is 3.65. The van der Waals surface area contributed by atoms with Crippen molar-refractivity contribution in [1.29, 1.82) is 0 Å². The Labute approximate surface area is 110 Å². The van der Waals surface area contributed by atoms with Crippen LogP contribution in [-0.4, -0.2) is 19.1 Å². The number of nitrogens with zero attached hydrogens (tertiary/aromatic N) is 1. The lowest BCUT2D eigenvalue weighted by molar-refractivity contribution is 0.274. The lowest BCUT2D eigenvalue weighted by Crippen LogP contribution is -2.48. The first-order chi connectivity index (χ1) is 8.73. The van der Waals surface area contributed by atoms with Crippen molar-refractivity contribution < 1.29 is 0 Å². The van der Waals surface area contributed by atoms with Gasteiger partial charge in [-0.1, -0.05) is 31.4 Å². The lowest BCUT2D eigenvalue weighted by Gasteiger charge is -2.45. The molecule has 1 heterocycles. The van der Waals surface area contributed by atoms with Crippen LogP contribution in [0.15, 0.2) is 18.2 Å². The van der Waals surface area contributed by atoms with Crippen molar-refractivity contribution in [3.05, 3.63) is 23.8 Å². The van der Waals surface area contributed by atoms with Crippen LogP contribution in [-0.2, 0) is 0 Å². The Bertz CT molecular complexity index is 433. The van der Waals surface area contributed by atoms with Gasteiger partial charge in [-0.3, -0.25) is 0 Å². The highest BCUT2D eigenvalue weighted by Gasteiger charge is 2.38. The summed E-state index contributed by atoms with van der Waals surface area (Å²) >= 11 is 0. The van der Waals surface area contributed by atoms with E-state index in [4.69, 9.17) is 0 Å². The van der Waals surface area contributed by atoms with Gasteiger partial charge in [0.2, 0.25) is 0 Å². The summed E-state index contributed by atoms with van der Waals surface area (Å²) in [6.07, 6.45) is 8.20. The molecular weight excluding hydrogens is 220 g/mol. The summed E-state index contributed by atoms with van der Waals surface area (Å²) < 4.78 is 0. The number of anilines is 2. The van der Waals surface area contributed by atoms with Crippen LogP contribution in [0.25, 0.3) is 0 Å². The minimum Gasteiger partial charge on any atom is -0.383 e. The van der Waals surface area contributed by atoms with Gasteiger partial charge in [0.05, 0.1) is 11.4 Å². The molecule has 0 unspecified atom stereocenters. The molecule has 1 aromatic carbocycles. The molecule has 2 aliphatic rings. The molecule has 0 aromatic heterocycles. The highest BCUT2D eigenvalue weighted by Crippen LogP contribution is 2.43. The van der Waals surface area contributed by atoms with E-state index in [0.29, 0.717) is 5.54 Å². The fourth-order valence-electron chi connectivity index (χ4n) is 3.80. The third-order valence-electron chi connectivity index (χ3n) is 5.00. The number of aryl methyl sites for hydroxylation is 1. The van der Waals surface area contributed by atoms with Crippen molar-refractivity contribution >= 4 is 11.4 Å². The standard InChI is InChI=1S/C16H24N2/c1-13-7-6-8-14-15(13)17-12-11-16(18(14)2)9-4-3-5-10-16/h6-8,17H,3-5,9-12H2,1-2H3. The Hall–Kier alpha value is -1.18. The van der Waals surface area contributed by atoms with E-state index in [0.717, 1.165) is 6.54 Å². The second-order valence-corrected chi connectivity index (χ2v) is 5.99. The summed E-state index contributed by atoms with van der Waals surface area (Å²) in [7, 11) is 2.30. The Morgan fingerprint density at radius 1 is 1.11 bits per heavy atom. The smallest absolute Gasteiger partial charge is 0.0607 e. The summed E-state index contributed by atoms with van der Waals surface area (Å²) in [6.45, 7) is 3.32. The first-order valence-electron chi connectivity index (χ1n) is 7.30. The minimum atomic E-state index is 0.407. The summed E-state index contributed by atoms with van der Waals surface area (Å²) in [6, 6.07) is 6.67. The Morgan fingerprint density at radius 3 is 2.67 bits per heavy atom. The van der Waals surface area contributed by atoms with Gasteiger partial charge >= 0.3 is 0 Å². The Kier molecular flexibility index (Phi) is 2.96. The molecule has 1 aromatic rings. The minimum absolute atomic E-state index is 0.407. The molecule has 2 nitrogen and oxygen atoms in total. The zero-order valence-corrected chi connectivity index (χ0v) is 11.6. The Morgan fingerprint density at radius 2 is 1.89 bits per heavy atom. The number of fused-ring (bicyclic) bond motifs is 1. The number of hydrogen-bond acceptors (Lipinski definition) is 2. The maximum atomic E-state index is 3.65. The topological polar surface area (TPSA) is 15.3 Å². The van der Waals surface area contributed by atoms with Crippen molar-refractivity contribution in [3.63, 3.8) is 0 Å². The number of rotatable bonds is 0. The van der Waals surface area contributed by atoms with E-state index in [2.05, 4.69) is 42.4 Å². The highest BCUT2D eigenvalue weighted by atomic mass is 15.2. The first-order valence-corrected chi connectivity index (χ1v) is 7.30. The second kappa shape index (κ2) is 4.49.